The van der Waals surface area contributed by atoms with E-state index in [-0.39, 0.29) is 36.3 Å². The molecule has 9 nitrogen and oxygen atoms in total. The van der Waals surface area contributed by atoms with Crippen LogP contribution in [0.5, 0.6) is 5.75 Å². The number of nitrogens with zero attached hydrogens (tertiary/aromatic N) is 2. The number of amides is 2. The van der Waals surface area contributed by atoms with Gasteiger partial charge >= 0.3 is 0 Å². The van der Waals surface area contributed by atoms with E-state index in [0.29, 0.717) is 33.4 Å². The number of halogens is 1. The van der Waals surface area contributed by atoms with Gasteiger partial charge in [0.15, 0.2) is 12.3 Å². The van der Waals surface area contributed by atoms with E-state index in [9.17, 15) is 9.59 Å². The van der Waals surface area contributed by atoms with Crippen molar-refractivity contribution in [1.29, 1.82) is 0 Å². The smallest absolute Gasteiger partial charge is 0.255 e. The van der Waals surface area contributed by atoms with E-state index < -0.39 is 5.91 Å². The van der Waals surface area contributed by atoms with Crippen molar-refractivity contribution in [3.05, 3.63) is 47.6 Å². The van der Waals surface area contributed by atoms with Crippen LogP contribution in [-0.2, 0) is 9.59 Å². The molecule has 10 heteroatoms. The molecule has 2 aliphatic rings. The number of hydrogen-bond donors (Lipinski definition) is 4. The highest BCUT2D eigenvalue weighted by Gasteiger charge is 2.47. The summed E-state index contributed by atoms with van der Waals surface area (Å²) in [4.78, 5) is 35.2. The Morgan fingerprint density at radius 2 is 1.94 bits per heavy atom. The van der Waals surface area contributed by atoms with Crippen molar-refractivity contribution >= 4 is 40.3 Å². The first-order valence-corrected chi connectivity index (χ1v) is 10.6. The Morgan fingerprint density at radius 1 is 1.19 bits per heavy atom. The number of nitrogens with two attached hydrogens (primary N) is 2. The standard InChI is InChI=1S/C22H21ClN6O3/c23-14-8-26-22-19(18(14)27-17-12-2-1-11(7-12)16(17)20(25)31)28-21(29-22)10-3-5-13(6-4-10)32-9-15(24)30/h1-6,8,11-12,16-17H,7,9H2,(H2,24,30)(H2,25,31)(H2,26,27,28,29). The van der Waals surface area contributed by atoms with Gasteiger partial charge in [-0.2, -0.15) is 0 Å². The number of ether oxygens (including phenoxy) is 1. The zero-order valence-corrected chi connectivity index (χ0v) is 17.7. The molecule has 5 rings (SSSR count). The molecule has 1 fully saturated rings. The normalized spacial score (nSPS) is 23.5. The summed E-state index contributed by atoms with van der Waals surface area (Å²) in [5.41, 5.74) is 13.4. The molecule has 4 atom stereocenters. The van der Waals surface area contributed by atoms with Crippen LogP contribution in [0.1, 0.15) is 6.42 Å². The highest BCUT2D eigenvalue weighted by atomic mass is 35.5. The second-order valence-corrected chi connectivity index (χ2v) is 8.50. The van der Waals surface area contributed by atoms with E-state index in [4.69, 9.17) is 27.8 Å². The summed E-state index contributed by atoms with van der Waals surface area (Å²) in [5.74, 6) is 0.335. The molecule has 2 bridgehead atoms. The zero-order chi connectivity index (χ0) is 22.4. The van der Waals surface area contributed by atoms with Crippen molar-refractivity contribution in [2.75, 3.05) is 11.9 Å². The molecule has 1 aromatic carbocycles. The van der Waals surface area contributed by atoms with Gasteiger partial charge in [0.2, 0.25) is 5.91 Å². The average Bonchev–Trinajstić information content (AvgIpc) is 3.49. The Balaban J connectivity index is 1.45. The molecule has 0 saturated heterocycles. The number of aromatic amines is 1. The zero-order valence-electron chi connectivity index (χ0n) is 16.9. The van der Waals surface area contributed by atoms with Crippen molar-refractivity contribution in [3.63, 3.8) is 0 Å². The molecule has 2 aliphatic carbocycles. The van der Waals surface area contributed by atoms with Gasteiger partial charge in [0.1, 0.15) is 17.1 Å². The van der Waals surface area contributed by atoms with Gasteiger partial charge < -0.3 is 26.5 Å². The predicted octanol–water partition coefficient (Wildman–Crippen LogP) is 2.23. The molecule has 0 aliphatic heterocycles. The van der Waals surface area contributed by atoms with Crippen molar-refractivity contribution in [1.82, 2.24) is 15.0 Å². The van der Waals surface area contributed by atoms with E-state index >= 15 is 0 Å². The van der Waals surface area contributed by atoms with Gasteiger partial charge in [-0.15, -0.1) is 0 Å². The first kappa shape index (κ1) is 20.3. The predicted molar refractivity (Wildman–Crippen MR) is 120 cm³/mol. The number of rotatable bonds is 7. The van der Waals surface area contributed by atoms with Gasteiger partial charge in [0, 0.05) is 11.6 Å². The monoisotopic (exact) mass is 452 g/mol. The number of anilines is 1. The molecule has 164 valence electrons. The van der Waals surface area contributed by atoms with Gasteiger partial charge in [0.25, 0.3) is 5.91 Å². The lowest BCUT2D eigenvalue weighted by Crippen LogP contribution is -2.41. The third-order valence-corrected chi connectivity index (χ3v) is 6.37. The van der Waals surface area contributed by atoms with Crippen LogP contribution < -0.4 is 21.5 Å². The van der Waals surface area contributed by atoms with Crippen LogP contribution in [0, 0.1) is 17.8 Å². The van der Waals surface area contributed by atoms with Gasteiger partial charge in [-0.3, -0.25) is 9.59 Å². The van der Waals surface area contributed by atoms with Crippen molar-refractivity contribution in [2.45, 2.75) is 12.5 Å². The molecule has 6 N–H and O–H groups in total. The lowest BCUT2D eigenvalue weighted by atomic mass is 9.88. The van der Waals surface area contributed by atoms with Crippen LogP contribution >= 0.6 is 11.6 Å². The number of carbonyl (C=O) groups is 2. The van der Waals surface area contributed by atoms with Crippen LogP contribution in [0.4, 0.5) is 5.69 Å². The molecule has 0 radical (unpaired) electrons. The minimum Gasteiger partial charge on any atom is -0.484 e. The number of nitrogens with one attached hydrogen (secondary N) is 2. The Kier molecular flexibility index (Phi) is 4.97. The van der Waals surface area contributed by atoms with E-state index in [1.165, 1.54) is 0 Å². The molecule has 1 saturated carbocycles. The average molecular weight is 453 g/mol. The fraction of sp³-hybridized carbons (Fsp3) is 0.273. The van der Waals surface area contributed by atoms with E-state index in [1.807, 2.05) is 12.1 Å². The van der Waals surface area contributed by atoms with E-state index in [2.05, 4.69) is 32.4 Å². The van der Waals surface area contributed by atoms with Gasteiger partial charge in [-0.1, -0.05) is 23.8 Å². The molecule has 2 aromatic heterocycles. The lowest BCUT2D eigenvalue weighted by molar-refractivity contribution is -0.122. The number of imidazole rings is 1. The van der Waals surface area contributed by atoms with Crippen LogP contribution in [0.2, 0.25) is 5.02 Å². The largest absolute Gasteiger partial charge is 0.484 e. The number of hydrogen-bond acceptors (Lipinski definition) is 6. The Bertz CT molecular complexity index is 1240. The number of H-pyrrole nitrogens is 1. The van der Waals surface area contributed by atoms with Crippen LogP contribution in [-0.4, -0.2) is 39.4 Å². The SMILES string of the molecule is NC(=O)COc1ccc(-c2nc3ncc(Cl)c(NC4C5C=CC(C5)C4C(N)=O)c3[nH]2)cc1. The summed E-state index contributed by atoms with van der Waals surface area (Å²) in [6.07, 6.45) is 6.65. The third kappa shape index (κ3) is 3.54. The number of benzene rings is 1. The minimum absolute atomic E-state index is 0.140. The van der Waals surface area contributed by atoms with E-state index in [0.717, 1.165) is 12.0 Å². The Morgan fingerprint density at radius 3 is 2.66 bits per heavy atom. The molecule has 3 aromatic rings. The fourth-order valence-corrected chi connectivity index (χ4v) is 4.85. The fourth-order valence-electron chi connectivity index (χ4n) is 4.65. The summed E-state index contributed by atoms with van der Waals surface area (Å²) in [7, 11) is 0. The third-order valence-electron chi connectivity index (χ3n) is 6.08. The highest BCUT2D eigenvalue weighted by molar-refractivity contribution is 6.34. The first-order valence-electron chi connectivity index (χ1n) is 10.2. The summed E-state index contributed by atoms with van der Waals surface area (Å²) >= 11 is 6.49. The van der Waals surface area contributed by atoms with Gasteiger partial charge in [-0.05, 0) is 42.5 Å². The van der Waals surface area contributed by atoms with Gasteiger partial charge in [-0.25, -0.2) is 9.97 Å². The first-order chi connectivity index (χ1) is 15.4. The summed E-state index contributed by atoms with van der Waals surface area (Å²) in [6, 6.07) is 6.94. The van der Waals surface area contributed by atoms with Crippen LogP contribution in [0.3, 0.4) is 0 Å². The maximum atomic E-state index is 12.1. The number of allylic oxidation sites excluding steroid dienone is 1. The van der Waals surface area contributed by atoms with Crippen molar-refractivity contribution in [3.8, 4) is 17.1 Å². The summed E-state index contributed by atoms with van der Waals surface area (Å²) in [6.45, 7) is -0.189. The van der Waals surface area contributed by atoms with Crippen molar-refractivity contribution in [2.24, 2.45) is 29.2 Å². The molecular formula is C22H21ClN6O3. The highest BCUT2D eigenvalue weighted by Crippen LogP contribution is 2.46. The number of pyridine rings is 1. The van der Waals surface area contributed by atoms with Crippen LogP contribution in [0.25, 0.3) is 22.6 Å². The maximum absolute atomic E-state index is 12.1. The van der Waals surface area contributed by atoms with Crippen molar-refractivity contribution < 1.29 is 14.3 Å². The molecule has 2 amide bonds. The summed E-state index contributed by atoms with van der Waals surface area (Å²) < 4.78 is 5.29. The number of primary amides is 2. The molecular weight excluding hydrogens is 432 g/mol. The Hall–Kier alpha value is -3.59. The van der Waals surface area contributed by atoms with Gasteiger partial charge in [0.05, 0.1) is 22.8 Å². The topological polar surface area (TPSA) is 149 Å². The second kappa shape index (κ2) is 7.83. The molecule has 0 spiro atoms. The number of carbonyl (C=O) groups excluding carboxylic acids is 2. The quantitative estimate of drug-likeness (QED) is 0.404. The second-order valence-electron chi connectivity index (χ2n) is 8.09. The maximum Gasteiger partial charge on any atom is 0.255 e. The molecule has 2 heterocycles. The lowest BCUT2D eigenvalue weighted by Gasteiger charge is -2.28. The summed E-state index contributed by atoms with van der Waals surface area (Å²) in [5, 5.41) is 3.89. The minimum atomic E-state index is -0.543. The number of fused-ring (bicyclic) bond motifs is 3. The molecule has 4 unspecified atom stereocenters. The van der Waals surface area contributed by atoms with Crippen LogP contribution in [0.15, 0.2) is 42.6 Å². The molecule has 32 heavy (non-hydrogen) atoms. The number of aromatic nitrogens is 3. The Labute approximate surface area is 188 Å². The van der Waals surface area contributed by atoms with E-state index in [1.54, 1.807) is 18.3 Å².